The van der Waals surface area contributed by atoms with Crippen LogP contribution in [0.3, 0.4) is 0 Å². The lowest BCUT2D eigenvalue weighted by Gasteiger charge is -2.53. The van der Waals surface area contributed by atoms with Crippen molar-refractivity contribution in [2.45, 2.75) is 57.5 Å². The summed E-state index contributed by atoms with van der Waals surface area (Å²) in [6, 6.07) is 8.11. The first-order chi connectivity index (χ1) is 14.2. The number of hydrogen-bond acceptors (Lipinski definition) is 4. The summed E-state index contributed by atoms with van der Waals surface area (Å²) in [5, 5.41) is 1.18. The zero-order chi connectivity index (χ0) is 19.8. The zero-order valence-corrected chi connectivity index (χ0v) is 16.6. The molecule has 4 saturated carbocycles. The van der Waals surface area contributed by atoms with Gasteiger partial charge in [0.1, 0.15) is 6.10 Å². The lowest BCUT2D eigenvalue weighted by Crippen LogP contribution is -2.51. The van der Waals surface area contributed by atoms with Crippen LogP contribution >= 0.6 is 0 Å². The molecule has 2 N–H and O–H groups in total. The minimum absolute atomic E-state index is 0.0108. The number of aromatic nitrogens is 1. The Balaban J connectivity index is 1.04. The molecule has 1 aromatic heterocycles. The van der Waals surface area contributed by atoms with E-state index in [1.54, 1.807) is 0 Å². The lowest BCUT2D eigenvalue weighted by molar-refractivity contribution is -0.152. The van der Waals surface area contributed by atoms with Crippen molar-refractivity contribution in [2.24, 2.45) is 23.7 Å². The van der Waals surface area contributed by atoms with E-state index >= 15 is 0 Å². The number of aromatic amines is 1. The van der Waals surface area contributed by atoms with Crippen molar-refractivity contribution < 1.29 is 19.2 Å². The first-order valence-corrected chi connectivity index (χ1v) is 10.9. The van der Waals surface area contributed by atoms with Gasteiger partial charge in [0, 0.05) is 23.5 Å². The molecule has 2 aromatic rings. The summed E-state index contributed by atoms with van der Waals surface area (Å²) in [6.45, 7) is 0. The van der Waals surface area contributed by atoms with Crippen LogP contribution in [-0.2, 0) is 20.8 Å². The Hall–Kier alpha value is -2.50. The van der Waals surface area contributed by atoms with Crippen molar-refractivity contribution >= 4 is 23.0 Å². The topological polar surface area (TPSA) is 80.4 Å². The summed E-state index contributed by atoms with van der Waals surface area (Å²) in [4.78, 5) is 32.3. The van der Waals surface area contributed by atoms with Crippen molar-refractivity contribution in [2.75, 3.05) is 0 Å². The molecule has 0 atom stereocenters. The van der Waals surface area contributed by atoms with Crippen LogP contribution in [0.4, 0.5) is 4.79 Å². The molecule has 0 unspecified atom stereocenters. The fourth-order valence-electron chi connectivity index (χ4n) is 6.13. The number of carbonyl (C=O) groups excluding carboxylic acids is 2. The highest BCUT2D eigenvalue weighted by Gasteiger charge is 2.50. The molecule has 6 heteroatoms. The third-order valence-electron chi connectivity index (χ3n) is 7.13. The first-order valence-electron chi connectivity index (χ1n) is 10.9. The number of hydroxylamine groups is 1. The predicted molar refractivity (Wildman–Crippen MR) is 108 cm³/mol. The van der Waals surface area contributed by atoms with Gasteiger partial charge < -0.3 is 14.6 Å². The van der Waals surface area contributed by atoms with Crippen LogP contribution in [-0.4, -0.2) is 23.2 Å². The molecule has 6 nitrogen and oxygen atoms in total. The van der Waals surface area contributed by atoms with E-state index in [1.165, 1.54) is 43.1 Å². The van der Waals surface area contributed by atoms with Crippen molar-refractivity contribution in [3.63, 3.8) is 0 Å². The van der Waals surface area contributed by atoms with E-state index in [-0.39, 0.29) is 12.5 Å². The number of amides is 1. The Bertz CT molecular complexity index is 877. The molecule has 4 bridgehead atoms. The highest BCUT2D eigenvalue weighted by atomic mass is 16.7. The van der Waals surface area contributed by atoms with Gasteiger partial charge in [-0.3, -0.25) is 0 Å². The van der Waals surface area contributed by atoms with E-state index in [0.29, 0.717) is 18.3 Å². The number of ether oxygens (including phenoxy) is 1. The molecule has 1 heterocycles. The standard InChI is InChI=1S/C23H28N2O4/c26-21(7-3-4-16-13-24-20-6-2-1-5-19(16)20)29-25-23(27)28-22-17-9-14-8-15(11-17)12-18(22)10-14/h1-2,5-6,13-15,17-18,22,24H,3-4,7-12H2,(H,25,27). The van der Waals surface area contributed by atoms with E-state index < -0.39 is 12.1 Å². The molecular formula is C23H28N2O4. The van der Waals surface area contributed by atoms with E-state index in [4.69, 9.17) is 9.57 Å². The van der Waals surface area contributed by atoms with Crippen LogP contribution < -0.4 is 5.48 Å². The van der Waals surface area contributed by atoms with Crippen LogP contribution in [0.1, 0.15) is 50.5 Å². The van der Waals surface area contributed by atoms with Gasteiger partial charge in [0.15, 0.2) is 0 Å². The van der Waals surface area contributed by atoms with Gasteiger partial charge in [-0.1, -0.05) is 18.2 Å². The number of aryl methyl sites for hydroxylation is 1. The maximum atomic E-state index is 12.1. The van der Waals surface area contributed by atoms with Crippen molar-refractivity contribution in [1.82, 2.24) is 10.5 Å². The van der Waals surface area contributed by atoms with Crippen molar-refractivity contribution in [1.29, 1.82) is 0 Å². The average molecular weight is 396 g/mol. The normalized spacial score (nSPS) is 29.7. The Morgan fingerprint density at radius 3 is 2.52 bits per heavy atom. The number of H-pyrrole nitrogens is 1. The number of rotatable bonds is 5. The van der Waals surface area contributed by atoms with Crippen LogP contribution in [0.5, 0.6) is 0 Å². The maximum absolute atomic E-state index is 12.1. The second-order valence-electron chi connectivity index (χ2n) is 9.09. The van der Waals surface area contributed by atoms with Gasteiger partial charge in [0.2, 0.25) is 0 Å². The number of carbonyl (C=O) groups is 2. The average Bonchev–Trinajstić information content (AvgIpc) is 3.12. The molecule has 1 amide bonds. The lowest BCUT2D eigenvalue weighted by atomic mass is 9.55. The number of benzene rings is 1. The van der Waals surface area contributed by atoms with Gasteiger partial charge in [-0.15, -0.1) is 5.48 Å². The molecule has 1 aromatic carbocycles. The van der Waals surface area contributed by atoms with E-state index in [0.717, 1.165) is 23.8 Å². The Morgan fingerprint density at radius 1 is 1.03 bits per heavy atom. The molecule has 29 heavy (non-hydrogen) atoms. The molecule has 0 spiro atoms. The predicted octanol–water partition coefficient (Wildman–Crippen LogP) is 4.50. The quantitative estimate of drug-likeness (QED) is 0.729. The summed E-state index contributed by atoms with van der Waals surface area (Å²) in [5.41, 5.74) is 4.48. The number of hydrogen-bond donors (Lipinski definition) is 2. The van der Waals surface area contributed by atoms with E-state index in [2.05, 4.69) is 16.5 Å². The van der Waals surface area contributed by atoms with Gasteiger partial charge in [-0.05, 0) is 80.2 Å². The smallest absolute Gasteiger partial charge is 0.440 e. The zero-order valence-electron chi connectivity index (χ0n) is 16.6. The molecule has 0 aliphatic heterocycles. The Kier molecular flexibility index (Phi) is 4.94. The van der Waals surface area contributed by atoms with Crippen LogP contribution in [0.25, 0.3) is 10.9 Å². The largest absolute Gasteiger partial charge is 0.444 e. The van der Waals surface area contributed by atoms with Gasteiger partial charge in [-0.25, -0.2) is 9.59 Å². The number of para-hydroxylation sites is 1. The van der Waals surface area contributed by atoms with Crippen LogP contribution in [0.2, 0.25) is 0 Å². The first kappa shape index (κ1) is 18.5. The molecule has 154 valence electrons. The highest BCUT2D eigenvalue weighted by Crippen LogP contribution is 2.54. The second-order valence-corrected chi connectivity index (χ2v) is 9.09. The Labute approximate surface area is 170 Å². The van der Waals surface area contributed by atoms with Crippen molar-refractivity contribution in [3.05, 3.63) is 36.0 Å². The summed E-state index contributed by atoms with van der Waals surface area (Å²) < 4.78 is 5.66. The summed E-state index contributed by atoms with van der Waals surface area (Å²) in [7, 11) is 0. The van der Waals surface area contributed by atoms with E-state index in [1.807, 2.05) is 24.4 Å². The fourth-order valence-corrected chi connectivity index (χ4v) is 6.13. The van der Waals surface area contributed by atoms with Crippen LogP contribution in [0, 0.1) is 23.7 Å². The van der Waals surface area contributed by atoms with Gasteiger partial charge in [0.25, 0.3) is 0 Å². The van der Waals surface area contributed by atoms with Gasteiger partial charge >= 0.3 is 12.1 Å². The third-order valence-corrected chi connectivity index (χ3v) is 7.13. The van der Waals surface area contributed by atoms with Gasteiger partial charge in [-0.2, -0.15) is 0 Å². The monoisotopic (exact) mass is 396 g/mol. The van der Waals surface area contributed by atoms with E-state index in [9.17, 15) is 9.59 Å². The molecule has 6 rings (SSSR count). The number of nitrogens with one attached hydrogen (secondary N) is 2. The van der Waals surface area contributed by atoms with Crippen molar-refractivity contribution in [3.8, 4) is 0 Å². The second kappa shape index (κ2) is 7.73. The Morgan fingerprint density at radius 2 is 1.76 bits per heavy atom. The molecule has 0 radical (unpaired) electrons. The summed E-state index contributed by atoms with van der Waals surface area (Å²) in [6.07, 6.45) is 9.10. The fraction of sp³-hybridized carbons (Fsp3) is 0.565. The third kappa shape index (κ3) is 3.85. The molecular weight excluding hydrogens is 368 g/mol. The molecule has 4 aliphatic carbocycles. The molecule has 4 fully saturated rings. The number of fused-ring (bicyclic) bond motifs is 1. The molecule has 0 saturated heterocycles. The minimum Gasteiger partial charge on any atom is -0.444 e. The maximum Gasteiger partial charge on any atom is 0.440 e. The SMILES string of the molecule is O=C(CCCc1c[nH]c2ccccc12)ONC(=O)OC1C2CC3CC(C2)CC1C3. The highest BCUT2D eigenvalue weighted by molar-refractivity contribution is 5.83. The minimum atomic E-state index is -0.632. The van der Waals surface area contributed by atoms with Gasteiger partial charge in [0.05, 0.1) is 0 Å². The van der Waals surface area contributed by atoms with Crippen LogP contribution in [0.15, 0.2) is 30.5 Å². The molecule has 4 aliphatic rings. The summed E-state index contributed by atoms with van der Waals surface area (Å²) >= 11 is 0. The summed E-state index contributed by atoms with van der Waals surface area (Å²) in [5.74, 6) is 2.20.